The van der Waals surface area contributed by atoms with Crippen molar-refractivity contribution in [1.82, 2.24) is 63.0 Å². The summed E-state index contributed by atoms with van der Waals surface area (Å²) < 4.78 is 0. The first-order valence-electron chi connectivity index (χ1n) is 29.6. The molecule has 12 atom stereocenters. The van der Waals surface area contributed by atoms with Crippen LogP contribution < -0.4 is 58.9 Å². The number of amides is 12. The largest absolute Gasteiger partial charge is 0.481 e. The van der Waals surface area contributed by atoms with Crippen molar-refractivity contribution < 1.29 is 97.1 Å². The number of nitrogens with zero attached hydrogens (tertiary/aromatic N) is 2. The summed E-state index contributed by atoms with van der Waals surface area (Å²) in [5.41, 5.74) is 6.11. The highest BCUT2D eigenvalue weighted by atomic mass is 16.4. The molecule has 0 spiro atoms. The first-order valence-corrected chi connectivity index (χ1v) is 29.6. The normalized spacial score (nSPS) is 25.6. The molecule has 1 unspecified atom stereocenters. The van der Waals surface area contributed by atoms with E-state index in [2.05, 4.69) is 51.1 Å². The average Bonchev–Trinajstić information content (AvgIpc) is 2.72. The Morgan fingerprint density at radius 1 is 0.596 bits per heavy atom. The average molecular weight is 1260 g/mol. The van der Waals surface area contributed by atoms with Gasteiger partial charge in [0.2, 0.25) is 70.9 Å². The van der Waals surface area contributed by atoms with Crippen LogP contribution in [0.4, 0.5) is 0 Å². The summed E-state index contributed by atoms with van der Waals surface area (Å²) >= 11 is 0. The molecule has 33 heteroatoms. The van der Waals surface area contributed by atoms with Crippen LogP contribution in [-0.2, 0) is 76.7 Å². The molecule has 0 saturated carbocycles. The van der Waals surface area contributed by atoms with Gasteiger partial charge >= 0.3 is 23.9 Å². The van der Waals surface area contributed by atoms with Crippen LogP contribution in [0, 0.1) is 17.8 Å². The number of unbranched alkanes of at least 4 members (excludes halogenated alkanes) is 2. The predicted molar refractivity (Wildman–Crippen MR) is 310 cm³/mol. The quantitative estimate of drug-likeness (QED) is 0.0406. The number of allylic oxidation sites excluding steroid dienone is 1. The monoisotopic (exact) mass is 1260 g/mol. The maximum absolute atomic E-state index is 15.2. The van der Waals surface area contributed by atoms with E-state index in [9.17, 15) is 92.3 Å². The van der Waals surface area contributed by atoms with Crippen molar-refractivity contribution in [3.05, 3.63) is 12.2 Å². The maximum atomic E-state index is 15.2. The molecule has 3 aliphatic rings. The molecule has 0 radical (unpaired) electrons. The summed E-state index contributed by atoms with van der Waals surface area (Å²) in [7, 11) is 0. The molecule has 0 aromatic carbocycles. The number of nitrogens with one attached hydrogen (secondary N) is 10. The first kappa shape index (κ1) is 74.5. The number of fused-ring (bicyclic) bond motifs is 2. The Labute approximate surface area is 513 Å². The Morgan fingerprint density at radius 2 is 1.12 bits per heavy atom. The highest BCUT2D eigenvalue weighted by Gasteiger charge is 2.45. The van der Waals surface area contributed by atoms with Gasteiger partial charge in [-0.2, -0.15) is 0 Å². The van der Waals surface area contributed by atoms with Crippen LogP contribution in [0.5, 0.6) is 0 Å². The van der Waals surface area contributed by atoms with Crippen molar-refractivity contribution in [2.45, 2.75) is 198 Å². The lowest BCUT2D eigenvalue weighted by Crippen LogP contribution is -2.66. The second-order valence-corrected chi connectivity index (χ2v) is 23.1. The highest BCUT2D eigenvalue weighted by Crippen LogP contribution is 2.24. The minimum atomic E-state index is -2.15. The number of carboxylic acid groups (broad SMARTS) is 4. The lowest BCUT2D eigenvalue weighted by Gasteiger charge is -2.39. The summed E-state index contributed by atoms with van der Waals surface area (Å²) in [6, 6.07) is -18.5. The SMILES string of the molecule is CC(C)CCCC/C=C\CC(=O)N[C@@H](CC(=O)O)C(=O)N[C@@H]1C(=O)N2CCCC[C@@H]2C(=O)N[C@@H]([C@H](C)C(=O)O)C(=O)N[C@@H](CC(=O)O)C(=O)NCC(=O)N[C@@H](CC(=O)O)C(=O)NCC(=O)N[C@H]([C@@H](C)N)C(=O)N[C@@H](C(C)C)C(=O)N2CCCC2C(=O)N[C@@H]1C. The molecule has 3 fully saturated rings. The molecule has 0 aromatic rings. The number of rotatable bonds is 20. The summed E-state index contributed by atoms with van der Waals surface area (Å²) in [5.74, 6) is -22.0. The van der Waals surface area contributed by atoms with E-state index < -0.39 is 205 Å². The first-order chi connectivity index (χ1) is 41.7. The molecule has 89 heavy (non-hydrogen) atoms. The molecule has 3 rings (SSSR count). The number of hydrogen-bond acceptors (Lipinski definition) is 17. The van der Waals surface area contributed by atoms with Crippen LogP contribution in [0.3, 0.4) is 0 Å². The third-order valence-corrected chi connectivity index (χ3v) is 15.0. The number of carbonyl (C=O) groups is 16. The molecule has 0 aromatic heterocycles. The fourth-order valence-electron chi connectivity index (χ4n) is 10.0. The van der Waals surface area contributed by atoms with Gasteiger partial charge in [0, 0.05) is 25.6 Å². The lowest BCUT2D eigenvalue weighted by atomic mass is 9.96. The molecule has 0 aliphatic carbocycles. The van der Waals surface area contributed by atoms with Crippen LogP contribution in [-0.4, -0.2) is 218 Å². The van der Waals surface area contributed by atoms with Crippen molar-refractivity contribution >= 4 is 94.8 Å². The lowest BCUT2D eigenvalue weighted by molar-refractivity contribution is -0.150. The number of aliphatic carboxylic acids is 4. The van der Waals surface area contributed by atoms with E-state index in [-0.39, 0.29) is 51.6 Å². The topological polar surface area (TPSA) is 507 Å². The van der Waals surface area contributed by atoms with Crippen molar-refractivity contribution in [2.24, 2.45) is 23.5 Å². The molecular weight excluding hydrogens is 1170 g/mol. The molecule has 3 saturated heterocycles. The van der Waals surface area contributed by atoms with Crippen LogP contribution in [0.1, 0.15) is 132 Å². The number of piperidine rings is 1. The second kappa shape index (κ2) is 35.9. The van der Waals surface area contributed by atoms with Crippen molar-refractivity contribution in [2.75, 3.05) is 26.2 Å². The minimum absolute atomic E-state index is 0.0218. The molecule has 496 valence electrons. The summed E-state index contributed by atoms with van der Waals surface area (Å²) in [6.45, 7) is 8.53. The van der Waals surface area contributed by atoms with Crippen molar-refractivity contribution in [1.29, 1.82) is 0 Å². The Bertz CT molecular complexity index is 2670. The molecule has 16 N–H and O–H groups in total. The third kappa shape index (κ3) is 24.0. The maximum Gasteiger partial charge on any atom is 0.308 e. The van der Waals surface area contributed by atoms with E-state index in [1.165, 1.54) is 13.8 Å². The van der Waals surface area contributed by atoms with Gasteiger partial charge in [0.25, 0.3) is 0 Å². The van der Waals surface area contributed by atoms with E-state index in [1.807, 2.05) is 16.0 Å². The van der Waals surface area contributed by atoms with Gasteiger partial charge in [-0.15, -0.1) is 0 Å². The number of carbonyl (C=O) groups excluding carboxylic acids is 12. The molecule has 3 heterocycles. The fourth-order valence-corrected chi connectivity index (χ4v) is 10.0. The van der Waals surface area contributed by atoms with Crippen LogP contribution in [0.15, 0.2) is 12.2 Å². The van der Waals surface area contributed by atoms with E-state index in [1.54, 1.807) is 26.0 Å². The minimum Gasteiger partial charge on any atom is -0.481 e. The predicted octanol–water partition coefficient (Wildman–Crippen LogP) is -4.19. The summed E-state index contributed by atoms with van der Waals surface area (Å²) in [4.78, 5) is 218. The van der Waals surface area contributed by atoms with Crippen molar-refractivity contribution in [3.63, 3.8) is 0 Å². The number of nitrogens with two attached hydrogens (primary N) is 1. The van der Waals surface area contributed by atoms with Crippen molar-refractivity contribution in [3.8, 4) is 0 Å². The molecule has 12 amide bonds. The molecule has 0 bridgehead atoms. The van der Waals surface area contributed by atoms with Gasteiger partial charge < -0.3 is 89.1 Å². The van der Waals surface area contributed by atoms with E-state index in [0.717, 1.165) is 36.0 Å². The van der Waals surface area contributed by atoms with E-state index in [4.69, 9.17) is 5.73 Å². The number of carboxylic acids is 4. The second-order valence-electron chi connectivity index (χ2n) is 23.1. The van der Waals surface area contributed by atoms with Gasteiger partial charge in [-0.25, -0.2) is 0 Å². The van der Waals surface area contributed by atoms with E-state index in [0.29, 0.717) is 12.3 Å². The van der Waals surface area contributed by atoms with Gasteiger partial charge in [-0.05, 0) is 77.6 Å². The zero-order valence-electron chi connectivity index (χ0n) is 51.1. The van der Waals surface area contributed by atoms with Gasteiger partial charge in [-0.3, -0.25) is 76.7 Å². The Kier molecular flexibility index (Phi) is 30.0. The number of hydrogen-bond donors (Lipinski definition) is 15. The van der Waals surface area contributed by atoms with Crippen LogP contribution in [0.2, 0.25) is 0 Å². The summed E-state index contributed by atoms with van der Waals surface area (Å²) in [5, 5.41) is 62.1. The van der Waals surface area contributed by atoms with Gasteiger partial charge in [0.05, 0.1) is 44.3 Å². The molecular formula is C56H87N13O20. The fraction of sp³-hybridized carbons (Fsp3) is 0.679. The Balaban J connectivity index is 2.19. The molecule has 3 aliphatic heterocycles. The third-order valence-electron chi connectivity index (χ3n) is 15.0. The Hall–Kier alpha value is -8.78. The van der Waals surface area contributed by atoms with Gasteiger partial charge in [0.15, 0.2) is 0 Å². The highest BCUT2D eigenvalue weighted by molar-refractivity contribution is 6.01. The van der Waals surface area contributed by atoms with E-state index >= 15 is 4.79 Å². The standard InChI is InChI=1S/C56H87N13O20/c1-27(2)16-11-9-8-10-12-19-37(70)61-34(24-42(77)78)49(81)67-46-31(7)60-50(82)36-18-15-21-69(36)54(86)43(28(3)4)65-53(85)45(30(6)57)64-39(72)26-59-47(79)32(22-40(73)74)62-38(71)25-58-48(80)33(23-41(75)76)63-52(84)44(29(5)56(88)89)66-51(83)35-17-13-14-20-68(35)55(46)87/h10,12,27-36,43-46H,8-9,11,13-26,57H2,1-7H3,(H,58,80)(H,59,79)(H,60,82)(H,61,70)(H,62,71)(H,63,84)(H,64,72)(H,65,85)(H,66,83)(H,67,81)(H,73,74)(H,75,76)(H,77,78)(H,88,89)/b12-10-/t29-,30+,31+,32-,33-,34-,35+,36?,43-,44-,45+,46-/m0/s1. The Morgan fingerprint density at radius 3 is 1.67 bits per heavy atom. The van der Waals surface area contributed by atoms with Crippen LogP contribution >= 0.6 is 0 Å². The van der Waals surface area contributed by atoms with Gasteiger partial charge in [-0.1, -0.05) is 52.7 Å². The van der Waals surface area contributed by atoms with Crippen LogP contribution in [0.25, 0.3) is 0 Å². The van der Waals surface area contributed by atoms with Gasteiger partial charge in [0.1, 0.15) is 54.4 Å². The smallest absolute Gasteiger partial charge is 0.308 e. The summed E-state index contributed by atoms with van der Waals surface area (Å²) in [6.07, 6.45) is 3.69. The zero-order chi connectivity index (χ0) is 67.0. The molecule has 33 nitrogen and oxygen atoms in total. The zero-order valence-corrected chi connectivity index (χ0v) is 51.1.